The minimum absolute atomic E-state index is 0.312. The van der Waals surface area contributed by atoms with Crippen molar-refractivity contribution in [3.8, 4) is 0 Å². The predicted octanol–water partition coefficient (Wildman–Crippen LogP) is 1.36. The van der Waals surface area contributed by atoms with Crippen LogP contribution in [0.2, 0.25) is 0 Å². The number of hydrogen-bond donors (Lipinski definition) is 1. The summed E-state index contributed by atoms with van der Waals surface area (Å²) in [4.78, 5) is 0. The Balaban J connectivity index is 1.94. The average Bonchev–Trinajstić information content (AvgIpc) is 2.31. The molecule has 1 heterocycles. The van der Waals surface area contributed by atoms with E-state index in [0.29, 0.717) is 12.7 Å². The highest BCUT2D eigenvalue weighted by molar-refractivity contribution is 5.23. The van der Waals surface area contributed by atoms with Gasteiger partial charge in [0.2, 0.25) is 0 Å². The van der Waals surface area contributed by atoms with Crippen molar-refractivity contribution in [2.45, 2.75) is 19.1 Å². The molecule has 16 heavy (non-hydrogen) atoms. The summed E-state index contributed by atoms with van der Waals surface area (Å²) >= 11 is 0. The molecule has 0 aromatic heterocycles. The monoisotopic (exact) mass is 221 g/mol. The Kier molecular flexibility index (Phi) is 4.34. The molecule has 2 rings (SSSR count). The first-order valence-electron chi connectivity index (χ1n) is 5.77. The second-order valence-corrected chi connectivity index (χ2v) is 4.15. The lowest BCUT2D eigenvalue weighted by Gasteiger charge is -2.23. The summed E-state index contributed by atoms with van der Waals surface area (Å²) in [5.41, 5.74) is 2.55. The fourth-order valence-corrected chi connectivity index (χ4v) is 2.03. The Morgan fingerprint density at radius 3 is 3.06 bits per heavy atom. The van der Waals surface area contributed by atoms with Crippen LogP contribution in [0.1, 0.15) is 11.1 Å². The normalized spacial score (nSPS) is 20.9. The van der Waals surface area contributed by atoms with Gasteiger partial charge in [-0.2, -0.15) is 0 Å². The van der Waals surface area contributed by atoms with E-state index in [2.05, 4.69) is 29.6 Å². The Hall–Kier alpha value is -0.900. The maximum absolute atomic E-state index is 5.69. The van der Waals surface area contributed by atoms with Crippen molar-refractivity contribution in [2.75, 3.05) is 26.8 Å². The molecule has 0 saturated carbocycles. The molecule has 1 aliphatic rings. The van der Waals surface area contributed by atoms with Gasteiger partial charge in [0.05, 0.1) is 19.3 Å². The maximum Gasteiger partial charge on any atom is 0.0740 e. The van der Waals surface area contributed by atoms with Crippen LogP contribution in [0.4, 0.5) is 0 Å². The molecule has 1 saturated heterocycles. The van der Waals surface area contributed by atoms with Gasteiger partial charge >= 0.3 is 0 Å². The van der Waals surface area contributed by atoms with Crippen molar-refractivity contribution in [3.63, 3.8) is 0 Å². The zero-order valence-electron chi connectivity index (χ0n) is 9.74. The molecule has 3 heteroatoms. The topological polar surface area (TPSA) is 30.5 Å². The molecule has 1 aromatic rings. The van der Waals surface area contributed by atoms with Crippen LogP contribution in [-0.4, -0.2) is 32.9 Å². The summed E-state index contributed by atoms with van der Waals surface area (Å²) in [7, 11) is 1.72. The zero-order chi connectivity index (χ0) is 11.2. The van der Waals surface area contributed by atoms with E-state index in [1.807, 2.05) is 0 Å². The molecule has 1 fully saturated rings. The van der Waals surface area contributed by atoms with E-state index in [1.165, 1.54) is 11.1 Å². The number of ether oxygens (including phenoxy) is 2. The number of benzene rings is 1. The fourth-order valence-electron chi connectivity index (χ4n) is 2.03. The molecule has 0 bridgehead atoms. The van der Waals surface area contributed by atoms with Crippen molar-refractivity contribution in [2.24, 2.45) is 0 Å². The van der Waals surface area contributed by atoms with E-state index in [4.69, 9.17) is 9.47 Å². The fraction of sp³-hybridized carbons (Fsp3) is 0.538. The van der Waals surface area contributed by atoms with Crippen LogP contribution in [0.15, 0.2) is 24.3 Å². The van der Waals surface area contributed by atoms with Gasteiger partial charge in [0.15, 0.2) is 0 Å². The second-order valence-electron chi connectivity index (χ2n) is 4.15. The molecule has 0 amide bonds. The van der Waals surface area contributed by atoms with Gasteiger partial charge in [0, 0.05) is 20.2 Å². The molecule has 1 aromatic carbocycles. The molecule has 1 atom stereocenters. The lowest BCUT2D eigenvalue weighted by molar-refractivity contribution is 0.0292. The van der Waals surface area contributed by atoms with Gasteiger partial charge in [-0.1, -0.05) is 24.3 Å². The van der Waals surface area contributed by atoms with Gasteiger partial charge in [-0.3, -0.25) is 0 Å². The number of hydrogen-bond acceptors (Lipinski definition) is 3. The van der Waals surface area contributed by atoms with Gasteiger partial charge in [-0.05, 0) is 17.5 Å². The molecular formula is C13H19NO2. The van der Waals surface area contributed by atoms with E-state index in [-0.39, 0.29) is 0 Å². The Bertz CT molecular complexity index is 321. The Labute approximate surface area is 96.8 Å². The summed E-state index contributed by atoms with van der Waals surface area (Å²) in [5.74, 6) is 0. The quantitative estimate of drug-likeness (QED) is 0.833. The smallest absolute Gasteiger partial charge is 0.0740 e. The Morgan fingerprint density at radius 1 is 1.44 bits per heavy atom. The van der Waals surface area contributed by atoms with Crippen LogP contribution >= 0.6 is 0 Å². The summed E-state index contributed by atoms with van der Waals surface area (Å²) in [6, 6.07) is 8.52. The molecule has 3 nitrogen and oxygen atoms in total. The van der Waals surface area contributed by atoms with Gasteiger partial charge in [-0.15, -0.1) is 0 Å². The van der Waals surface area contributed by atoms with Gasteiger partial charge in [0.1, 0.15) is 0 Å². The van der Waals surface area contributed by atoms with Gasteiger partial charge < -0.3 is 14.8 Å². The molecule has 88 valence electrons. The molecule has 0 radical (unpaired) electrons. The molecule has 1 aliphatic heterocycles. The van der Waals surface area contributed by atoms with E-state index >= 15 is 0 Å². The number of morpholine rings is 1. The number of nitrogens with one attached hydrogen (secondary N) is 1. The van der Waals surface area contributed by atoms with Crippen molar-refractivity contribution in [1.82, 2.24) is 5.32 Å². The van der Waals surface area contributed by atoms with E-state index in [1.54, 1.807) is 7.11 Å². The third kappa shape index (κ3) is 3.30. The van der Waals surface area contributed by atoms with Crippen LogP contribution in [0.3, 0.4) is 0 Å². The minimum Gasteiger partial charge on any atom is -0.380 e. The van der Waals surface area contributed by atoms with Crippen LogP contribution in [0.5, 0.6) is 0 Å². The number of rotatable bonds is 4. The van der Waals surface area contributed by atoms with Gasteiger partial charge in [0.25, 0.3) is 0 Å². The summed E-state index contributed by atoms with van der Waals surface area (Å²) in [6.45, 7) is 3.43. The second kappa shape index (κ2) is 5.99. The number of methoxy groups -OCH3 is 1. The first-order valence-corrected chi connectivity index (χ1v) is 5.77. The van der Waals surface area contributed by atoms with Crippen molar-refractivity contribution >= 4 is 0 Å². The highest BCUT2D eigenvalue weighted by Crippen LogP contribution is 2.11. The first kappa shape index (κ1) is 11.6. The third-order valence-electron chi connectivity index (χ3n) is 2.77. The van der Waals surface area contributed by atoms with Crippen molar-refractivity contribution < 1.29 is 9.47 Å². The van der Waals surface area contributed by atoms with Crippen LogP contribution in [0, 0.1) is 0 Å². The third-order valence-corrected chi connectivity index (χ3v) is 2.77. The highest BCUT2D eigenvalue weighted by atomic mass is 16.5. The van der Waals surface area contributed by atoms with E-state index < -0.39 is 0 Å². The molecule has 1 unspecified atom stereocenters. The van der Waals surface area contributed by atoms with Crippen molar-refractivity contribution in [3.05, 3.63) is 35.4 Å². The highest BCUT2D eigenvalue weighted by Gasteiger charge is 2.13. The SMILES string of the molecule is COCc1cccc(CC2CNCCO2)c1. The largest absolute Gasteiger partial charge is 0.380 e. The summed E-state index contributed by atoms with van der Waals surface area (Å²) in [5, 5.41) is 3.35. The van der Waals surface area contributed by atoms with E-state index in [9.17, 15) is 0 Å². The zero-order valence-corrected chi connectivity index (χ0v) is 9.74. The Morgan fingerprint density at radius 2 is 2.31 bits per heavy atom. The minimum atomic E-state index is 0.312. The molecule has 1 N–H and O–H groups in total. The van der Waals surface area contributed by atoms with Crippen LogP contribution < -0.4 is 5.32 Å². The van der Waals surface area contributed by atoms with E-state index in [0.717, 1.165) is 26.1 Å². The molecule has 0 spiro atoms. The predicted molar refractivity (Wildman–Crippen MR) is 63.5 cm³/mol. The first-order chi connectivity index (χ1) is 7.88. The average molecular weight is 221 g/mol. The lowest BCUT2D eigenvalue weighted by atomic mass is 10.0. The van der Waals surface area contributed by atoms with Crippen LogP contribution in [-0.2, 0) is 22.5 Å². The van der Waals surface area contributed by atoms with Crippen LogP contribution in [0.25, 0.3) is 0 Å². The standard InChI is InChI=1S/C13H19NO2/c1-15-10-12-4-2-3-11(7-12)8-13-9-14-5-6-16-13/h2-4,7,13-14H,5-6,8-10H2,1H3. The maximum atomic E-state index is 5.69. The summed E-state index contributed by atoms with van der Waals surface area (Å²) in [6.07, 6.45) is 1.29. The molecular weight excluding hydrogens is 202 g/mol. The molecule has 0 aliphatic carbocycles. The van der Waals surface area contributed by atoms with Crippen molar-refractivity contribution in [1.29, 1.82) is 0 Å². The lowest BCUT2D eigenvalue weighted by Crippen LogP contribution is -2.39. The van der Waals surface area contributed by atoms with Gasteiger partial charge in [-0.25, -0.2) is 0 Å². The summed E-state index contributed by atoms with van der Waals surface area (Å²) < 4.78 is 10.8.